The Kier molecular flexibility index (Phi) is 3.62. The van der Waals surface area contributed by atoms with E-state index in [9.17, 15) is 9.90 Å². The molecule has 0 radical (unpaired) electrons. The summed E-state index contributed by atoms with van der Waals surface area (Å²) in [6.07, 6.45) is 0.435. The van der Waals surface area contributed by atoms with Gasteiger partial charge in [0.05, 0.1) is 18.1 Å². The number of carbonyl (C=O) groups excluding carboxylic acids is 1. The lowest BCUT2D eigenvalue weighted by molar-refractivity contribution is -0.117. The molecule has 96 valence electrons. The van der Waals surface area contributed by atoms with E-state index in [0.29, 0.717) is 18.8 Å². The van der Waals surface area contributed by atoms with Crippen molar-refractivity contribution in [2.75, 3.05) is 7.11 Å². The molecule has 0 fully saturated rings. The predicted octanol–water partition coefficient (Wildman–Crippen LogP) is 1.52. The van der Waals surface area contributed by atoms with E-state index < -0.39 is 0 Å². The number of carbonyl (C=O) groups is 1. The molecule has 0 aliphatic carbocycles. The number of Topliss-reactive ketones (excluding diaryl/α,β-unsaturated/α-hetero) is 1. The van der Waals surface area contributed by atoms with Gasteiger partial charge in [-0.3, -0.25) is 4.79 Å². The molecule has 2 rings (SSSR count). The Morgan fingerprint density at radius 3 is 2.89 bits per heavy atom. The Bertz CT molecular complexity index is 575. The molecule has 1 aromatic carbocycles. The van der Waals surface area contributed by atoms with Gasteiger partial charge in [0.1, 0.15) is 24.0 Å². The Hall–Kier alpha value is -1.88. The Labute approximate surface area is 105 Å². The molecule has 0 unspecified atom stereocenters. The van der Waals surface area contributed by atoms with Gasteiger partial charge in [0.15, 0.2) is 0 Å². The summed E-state index contributed by atoms with van der Waals surface area (Å²) >= 11 is 0. The maximum atomic E-state index is 11.1. The number of aryl methyl sites for hydroxylation is 1. The number of aliphatic hydroxyl groups is 1. The first kappa shape index (κ1) is 12.6. The molecule has 0 saturated heterocycles. The first-order chi connectivity index (χ1) is 8.65. The first-order valence-corrected chi connectivity index (χ1v) is 5.79. The van der Waals surface area contributed by atoms with Gasteiger partial charge in [0.2, 0.25) is 0 Å². The highest BCUT2D eigenvalue weighted by Crippen LogP contribution is 2.22. The van der Waals surface area contributed by atoms with Gasteiger partial charge in [-0.05, 0) is 19.1 Å². The lowest BCUT2D eigenvalue weighted by Gasteiger charge is -2.06. The van der Waals surface area contributed by atoms with Crippen LogP contribution in [-0.4, -0.2) is 27.6 Å². The third-order valence-electron chi connectivity index (χ3n) is 2.86. The van der Waals surface area contributed by atoms with Gasteiger partial charge in [0, 0.05) is 19.0 Å². The van der Waals surface area contributed by atoms with Crippen molar-refractivity contribution in [2.24, 2.45) is 0 Å². The van der Waals surface area contributed by atoms with Crippen LogP contribution in [0.3, 0.4) is 0 Å². The summed E-state index contributed by atoms with van der Waals surface area (Å²) in [5, 5.41) is 9.31. The zero-order chi connectivity index (χ0) is 13.1. The zero-order valence-corrected chi connectivity index (χ0v) is 10.5. The summed E-state index contributed by atoms with van der Waals surface area (Å²) < 4.78 is 7.01. The van der Waals surface area contributed by atoms with Crippen LogP contribution in [0.1, 0.15) is 19.2 Å². The minimum absolute atomic E-state index is 0.120. The second-order valence-electron chi connectivity index (χ2n) is 4.14. The summed E-state index contributed by atoms with van der Waals surface area (Å²) in [6, 6.07) is 5.55. The molecular weight excluding hydrogens is 232 g/mol. The Balaban J connectivity index is 2.45. The van der Waals surface area contributed by atoms with Gasteiger partial charge in [-0.1, -0.05) is 0 Å². The van der Waals surface area contributed by atoms with E-state index in [1.54, 1.807) is 14.0 Å². The van der Waals surface area contributed by atoms with Gasteiger partial charge in [-0.2, -0.15) is 0 Å². The Morgan fingerprint density at radius 1 is 1.50 bits per heavy atom. The number of imidazole rings is 1. The number of aliphatic hydroxyl groups excluding tert-OH is 1. The van der Waals surface area contributed by atoms with Crippen molar-refractivity contribution in [2.45, 2.75) is 26.5 Å². The number of aromatic nitrogens is 2. The summed E-state index contributed by atoms with van der Waals surface area (Å²) in [7, 11) is 1.60. The number of benzene rings is 1. The maximum Gasteiger partial charge on any atom is 0.135 e. The van der Waals surface area contributed by atoms with E-state index in [0.717, 1.165) is 16.8 Å². The van der Waals surface area contributed by atoms with Gasteiger partial charge >= 0.3 is 0 Å². The fourth-order valence-corrected chi connectivity index (χ4v) is 1.93. The number of hydrogen-bond acceptors (Lipinski definition) is 4. The largest absolute Gasteiger partial charge is 0.497 e. The van der Waals surface area contributed by atoms with Crippen molar-refractivity contribution >= 4 is 16.8 Å². The average molecular weight is 248 g/mol. The van der Waals surface area contributed by atoms with Crippen molar-refractivity contribution in [3.63, 3.8) is 0 Å². The first-order valence-electron chi connectivity index (χ1n) is 5.79. The fourth-order valence-electron chi connectivity index (χ4n) is 1.93. The lowest BCUT2D eigenvalue weighted by atomic mass is 10.2. The van der Waals surface area contributed by atoms with Crippen molar-refractivity contribution in [3.8, 4) is 5.75 Å². The number of ketones is 1. The van der Waals surface area contributed by atoms with E-state index in [1.807, 2.05) is 22.8 Å². The van der Waals surface area contributed by atoms with Crippen LogP contribution in [0.2, 0.25) is 0 Å². The van der Waals surface area contributed by atoms with Crippen molar-refractivity contribution in [1.29, 1.82) is 0 Å². The SMILES string of the molecule is COc1ccc2c(c1)nc(CO)n2CCC(C)=O. The van der Waals surface area contributed by atoms with Crippen LogP contribution in [0.4, 0.5) is 0 Å². The number of fused-ring (bicyclic) bond motifs is 1. The summed E-state index contributed by atoms with van der Waals surface area (Å²) in [6.45, 7) is 1.95. The third-order valence-corrected chi connectivity index (χ3v) is 2.86. The molecule has 0 aliphatic rings. The number of methoxy groups -OCH3 is 1. The molecule has 1 aromatic heterocycles. The van der Waals surface area contributed by atoms with Crippen LogP contribution in [0.25, 0.3) is 11.0 Å². The highest BCUT2D eigenvalue weighted by atomic mass is 16.5. The fraction of sp³-hybridized carbons (Fsp3) is 0.385. The van der Waals surface area contributed by atoms with Gasteiger partial charge < -0.3 is 14.4 Å². The number of ether oxygens (including phenoxy) is 1. The third kappa shape index (κ3) is 2.36. The molecule has 18 heavy (non-hydrogen) atoms. The smallest absolute Gasteiger partial charge is 0.135 e. The lowest BCUT2D eigenvalue weighted by Crippen LogP contribution is -2.06. The van der Waals surface area contributed by atoms with Crippen LogP contribution < -0.4 is 4.74 Å². The quantitative estimate of drug-likeness (QED) is 0.871. The molecule has 5 heteroatoms. The van der Waals surface area contributed by atoms with Crippen molar-refractivity contribution < 1.29 is 14.6 Å². The molecule has 1 heterocycles. The van der Waals surface area contributed by atoms with Crippen LogP contribution in [-0.2, 0) is 17.9 Å². The molecule has 0 atom stereocenters. The molecule has 2 aromatic rings. The van der Waals surface area contributed by atoms with Crippen LogP contribution in [0.15, 0.2) is 18.2 Å². The van der Waals surface area contributed by atoms with E-state index in [4.69, 9.17) is 4.74 Å². The zero-order valence-electron chi connectivity index (χ0n) is 10.5. The number of hydrogen-bond donors (Lipinski definition) is 1. The van der Waals surface area contributed by atoms with Gasteiger partial charge in [0.25, 0.3) is 0 Å². The minimum atomic E-state index is -0.144. The molecular formula is C13H16N2O3. The molecule has 1 N–H and O–H groups in total. The second kappa shape index (κ2) is 5.18. The van der Waals surface area contributed by atoms with E-state index in [-0.39, 0.29) is 12.4 Å². The monoisotopic (exact) mass is 248 g/mol. The summed E-state index contributed by atoms with van der Waals surface area (Å²) in [5.41, 5.74) is 1.67. The van der Waals surface area contributed by atoms with Crippen LogP contribution in [0.5, 0.6) is 5.75 Å². The highest BCUT2D eigenvalue weighted by Gasteiger charge is 2.11. The van der Waals surface area contributed by atoms with Crippen LogP contribution >= 0.6 is 0 Å². The Morgan fingerprint density at radius 2 is 2.28 bits per heavy atom. The van der Waals surface area contributed by atoms with E-state index >= 15 is 0 Å². The summed E-state index contributed by atoms with van der Waals surface area (Å²) in [4.78, 5) is 15.4. The standard InChI is InChI=1S/C13H16N2O3/c1-9(17)5-6-15-12-4-3-10(18-2)7-11(12)14-13(15)8-16/h3-4,7,16H,5-6,8H2,1-2H3. The highest BCUT2D eigenvalue weighted by molar-refractivity contribution is 5.79. The maximum absolute atomic E-state index is 11.1. The van der Waals surface area contributed by atoms with Crippen LogP contribution in [0, 0.1) is 0 Å². The molecule has 0 amide bonds. The number of nitrogens with zero attached hydrogens (tertiary/aromatic N) is 2. The van der Waals surface area contributed by atoms with Gasteiger partial charge in [-0.15, -0.1) is 0 Å². The molecule has 0 spiro atoms. The normalized spacial score (nSPS) is 10.8. The predicted molar refractivity (Wildman–Crippen MR) is 67.5 cm³/mol. The molecule has 0 bridgehead atoms. The van der Waals surface area contributed by atoms with Crippen molar-refractivity contribution in [1.82, 2.24) is 9.55 Å². The molecule has 5 nitrogen and oxygen atoms in total. The average Bonchev–Trinajstić information content (AvgIpc) is 2.72. The van der Waals surface area contributed by atoms with Crippen molar-refractivity contribution in [3.05, 3.63) is 24.0 Å². The minimum Gasteiger partial charge on any atom is -0.497 e. The van der Waals surface area contributed by atoms with E-state index in [2.05, 4.69) is 4.98 Å². The molecule has 0 aliphatic heterocycles. The molecule has 0 saturated carbocycles. The second-order valence-corrected chi connectivity index (χ2v) is 4.14. The van der Waals surface area contributed by atoms with E-state index in [1.165, 1.54) is 0 Å². The number of rotatable bonds is 5. The van der Waals surface area contributed by atoms with Gasteiger partial charge in [-0.25, -0.2) is 4.98 Å². The summed E-state index contributed by atoms with van der Waals surface area (Å²) in [5.74, 6) is 1.41. The topological polar surface area (TPSA) is 64.3 Å².